The Labute approximate surface area is 80.9 Å². The molecule has 1 heterocycles. The summed E-state index contributed by atoms with van der Waals surface area (Å²) in [7, 11) is 0. The molecule has 0 fully saturated rings. The van der Waals surface area contributed by atoms with Crippen LogP contribution in [0.15, 0.2) is 12.3 Å². The van der Waals surface area contributed by atoms with Crippen molar-refractivity contribution in [1.29, 1.82) is 0 Å². The standard InChI is InChI=1S/C7H5BrF3NO/c8-2-6-5(9)1-4(3-12-6)13-7(10)11/h1,3,7H,2H2. The summed E-state index contributed by atoms with van der Waals surface area (Å²) < 4.78 is 40.1. The van der Waals surface area contributed by atoms with Crippen LogP contribution in [0.25, 0.3) is 0 Å². The monoisotopic (exact) mass is 255 g/mol. The predicted octanol–water partition coefficient (Wildman–Crippen LogP) is 2.72. The van der Waals surface area contributed by atoms with Gasteiger partial charge in [-0.1, -0.05) is 15.9 Å². The third kappa shape index (κ3) is 2.87. The first-order valence-corrected chi connectivity index (χ1v) is 4.41. The summed E-state index contributed by atoms with van der Waals surface area (Å²) in [5, 5.41) is 0.230. The highest BCUT2D eigenvalue weighted by atomic mass is 79.9. The summed E-state index contributed by atoms with van der Waals surface area (Å²) in [4.78, 5) is 3.57. The fourth-order valence-corrected chi connectivity index (χ4v) is 1.13. The van der Waals surface area contributed by atoms with Crippen molar-refractivity contribution in [2.75, 3.05) is 0 Å². The third-order valence-corrected chi connectivity index (χ3v) is 1.78. The van der Waals surface area contributed by atoms with Gasteiger partial charge in [0.25, 0.3) is 0 Å². The molecule has 0 atom stereocenters. The Morgan fingerprint density at radius 2 is 2.23 bits per heavy atom. The Morgan fingerprint density at radius 3 is 2.69 bits per heavy atom. The number of ether oxygens (including phenoxy) is 1. The normalized spacial score (nSPS) is 10.5. The van der Waals surface area contributed by atoms with Gasteiger partial charge in [-0.05, 0) is 0 Å². The van der Waals surface area contributed by atoms with Crippen molar-refractivity contribution in [3.05, 3.63) is 23.8 Å². The maximum Gasteiger partial charge on any atom is 0.387 e. The van der Waals surface area contributed by atoms with Crippen LogP contribution in [-0.2, 0) is 5.33 Å². The molecule has 0 N–H and O–H groups in total. The Balaban J connectivity index is 2.83. The Kier molecular flexibility index (Phi) is 3.53. The number of halogens is 4. The number of hydrogen-bond donors (Lipinski definition) is 0. The van der Waals surface area contributed by atoms with Gasteiger partial charge in [0.05, 0.1) is 11.9 Å². The molecule has 1 rings (SSSR count). The second kappa shape index (κ2) is 4.45. The summed E-state index contributed by atoms with van der Waals surface area (Å²) in [6, 6.07) is 0.871. The van der Waals surface area contributed by atoms with Crippen LogP contribution in [0.3, 0.4) is 0 Å². The van der Waals surface area contributed by atoms with E-state index in [1.165, 1.54) is 0 Å². The molecular weight excluding hydrogens is 251 g/mol. The molecule has 1 aromatic rings. The molecule has 0 aliphatic carbocycles. The van der Waals surface area contributed by atoms with E-state index in [1.54, 1.807) is 0 Å². The Morgan fingerprint density at radius 1 is 1.54 bits per heavy atom. The molecule has 0 aromatic carbocycles. The average Bonchev–Trinajstić information content (AvgIpc) is 2.03. The quantitative estimate of drug-likeness (QED) is 0.775. The van der Waals surface area contributed by atoms with E-state index >= 15 is 0 Å². The van der Waals surface area contributed by atoms with Crippen molar-refractivity contribution in [3.8, 4) is 5.75 Å². The molecule has 0 aliphatic rings. The van der Waals surface area contributed by atoms with Crippen LogP contribution in [0.1, 0.15) is 5.69 Å². The van der Waals surface area contributed by atoms with Crippen molar-refractivity contribution in [1.82, 2.24) is 4.98 Å². The minimum Gasteiger partial charge on any atom is -0.433 e. The molecule has 0 spiro atoms. The van der Waals surface area contributed by atoms with Crippen LogP contribution in [0.4, 0.5) is 13.2 Å². The van der Waals surface area contributed by atoms with E-state index < -0.39 is 12.4 Å². The maximum atomic E-state index is 12.9. The summed E-state index contributed by atoms with van der Waals surface area (Å²) in [6.45, 7) is -2.96. The van der Waals surface area contributed by atoms with Gasteiger partial charge in [-0.15, -0.1) is 0 Å². The summed E-state index contributed by atoms with van der Waals surface area (Å²) in [5.41, 5.74) is 0.154. The lowest BCUT2D eigenvalue weighted by Gasteiger charge is -2.04. The number of alkyl halides is 3. The molecule has 13 heavy (non-hydrogen) atoms. The summed E-state index contributed by atoms with van der Waals surface area (Å²) in [5.74, 6) is -0.952. The highest BCUT2D eigenvalue weighted by Gasteiger charge is 2.08. The zero-order valence-corrected chi connectivity index (χ0v) is 7.89. The van der Waals surface area contributed by atoms with Crippen LogP contribution in [0.2, 0.25) is 0 Å². The van der Waals surface area contributed by atoms with Gasteiger partial charge in [-0.25, -0.2) is 4.39 Å². The third-order valence-electron chi connectivity index (χ3n) is 1.24. The zero-order chi connectivity index (χ0) is 9.84. The van der Waals surface area contributed by atoms with E-state index in [0.717, 1.165) is 12.3 Å². The van der Waals surface area contributed by atoms with Crippen molar-refractivity contribution < 1.29 is 17.9 Å². The molecule has 1 aromatic heterocycles. The molecule has 72 valence electrons. The van der Waals surface area contributed by atoms with Gasteiger partial charge >= 0.3 is 6.61 Å². The fourth-order valence-electron chi connectivity index (χ4n) is 0.714. The second-order valence-corrected chi connectivity index (χ2v) is 2.67. The van der Waals surface area contributed by atoms with Crippen LogP contribution in [0.5, 0.6) is 5.75 Å². The first-order valence-electron chi connectivity index (χ1n) is 3.28. The second-order valence-electron chi connectivity index (χ2n) is 2.11. The van der Waals surface area contributed by atoms with Crippen LogP contribution in [-0.4, -0.2) is 11.6 Å². The van der Waals surface area contributed by atoms with Gasteiger partial charge in [0.2, 0.25) is 0 Å². The van der Waals surface area contributed by atoms with E-state index in [2.05, 4.69) is 25.7 Å². The Bertz CT molecular complexity index is 295. The van der Waals surface area contributed by atoms with E-state index in [0.29, 0.717) is 0 Å². The van der Waals surface area contributed by atoms with Crippen molar-refractivity contribution in [3.63, 3.8) is 0 Å². The van der Waals surface area contributed by atoms with Gasteiger partial charge in [-0.3, -0.25) is 4.98 Å². The molecule has 0 aliphatic heterocycles. The largest absolute Gasteiger partial charge is 0.433 e. The van der Waals surface area contributed by atoms with E-state index in [-0.39, 0.29) is 16.8 Å². The molecule has 0 unspecified atom stereocenters. The van der Waals surface area contributed by atoms with Crippen molar-refractivity contribution in [2.45, 2.75) is 11.9 Å². The summed E-state index contributed by atoms with van der Waals surface area (Å²) >= 11 is 2.99. The number of aromatic nitrogens is 1. The van der Waals surface area contributed by atoms with E-state index in [9.17, 15) is 13.2 Å². The van der Waals surface area contributed by atoms with E-state index in [4.69, 9.17) is 0 Å². The number of rotatable bonds is 3. The molecule has 0 amide bonds. The van der Waals surface area contributed by atoms with Crippen molar-refractivity contribution >= 4 is 15.9 Å². The molecular formula is C7H5BrF3NO. The van der Waals surface area contributed by atoms with Gasteiger partial charge in [0.15, 0.2) is 0 Å². The molecule has 0 saturated carbocycles. The van der Waals surface area contributed by atoms with Gasteiger partial charge in [0.1, 0.15) is 11.6 Å². The zero-order valence-electron chi connectivity index (χ0n) is 6.31. The molecule has 6 heteroatoms. The smallest absolute Gasteiger partial charge is 0.387 e. The molecule has 0 radical (unpaired) electrons. The topological polar surface area (TPSA) is 22.1 Å². The minimum absolute atomic E-state index is 0.154. The number of pyridine rings is 1. The van der Waals surface area contributed by atoms with Crippen LogP contribution >= 0.6 is 15.9 Å². The van der Waals surface area contributed by atoms with Crippen LogP contribution < -0.4 is 4.74 Å². The van der Waals surface area contributed by atoms with Crippen molar-refractivity contribution in [2.24, 2.45) is 0 Å². The van der Waals surface area contributed by atoms with Crippen LogP contribution in [0, 0.1) is 5.82 Å². The highest BCUT2D eigenvalue weighted by molar-refractivity contribution is 9.08. The van der Waals surface area contributed by atoms with E-state index in [1.807, 2.05) is 0 Å². The van der Waals surface area contributed by atoms with Gasteiger partial charge in [0, 0.05) is 11.4 Å². The lowest BCUT2D eigenvalue weighted by Crippen LogP contribution is -2.03. The lowest BCUT2D eigenvalue weighted by molar-refractivity contribution is -0.0502. The summed E-state index contributed by atoms with van der Waals surface area (Å²) in [6.07, 6.45) is 1.05. The van der Waals surface area contributed by atoms with Gasteiger partial charge in [-0.2, -0.15) is 8.78 Å². The first-order chi connectivity index (χ1) is 6.13. The Hall–Kier alpha value is -0.780. The SMILES string of the molecule is Fc1cc(OC(F)F)cnc1CBr. The highest BCUT2D eigenvalue weighted by Crippen LogP contribution is 2.17. The average molecular weight is 256 g/mol. The molecule has 0 bridgehead atoms. The molecule has 0 saturated heterocycles. The minimum atomic E-state index is -2.96. The van der Waals surface area contributed by atoms with Gasteiger partial charge < -0.3 is 4.74 Å². The molecule has 2 nitrogen and oxygen atoms in total. The predicted molar refractivity (Wildman–Crippen MR) is 43.5 cm³/mol. The fraction of sp³-hybridized carbons (Fsp3) is 0.286. The maximum absolute atomic E-state index is 12.9. The lowest BCUT2D eigenvalue weighted by atomic mass is 10.3. The number of hydrogen-bond acceptors (Lipinski definition) is 2. The first kappa shape index (κ1) is 10.3. The number of nitrogens with zero attached hydrogens (tertiary/aromatic N) is 1.